The van der Waals surface area contributed by atoms with E-state index in [1.54, 1.807) is 11.8 Å². The van der Waals surface area contributed by atoms with Gasteiger partial charge in [0.2, 0.25) is 0 Å². The maximum Gasteiger partial charge on any atom is 0.309 e. The Hall–Kier alpha value is -1.47. The third-order valence-electron chi connectivity index (χ3n) is 2.92. The van der Waals surface area contributed by atoms with Crippen LogP contribution in [0.1, 0.15) is 24.2 Å². The van der Waals surface area contributed by atoms with Gasteiger partial charge in [0.1, 0.15) is 0 Å². The van der Waals surface area contributed by atoms with Crippen LogP contribution in [0.25, 0.3) is 0 Å². The van der Waals surface area contributed by atoms with Gasteiger partial charge in [-0.2, -0.15) is 0 Å². The zero-order valence-electron chi connectivity index (χ0n) is 10.3. The Morgan fingerprint density at radius 1 is 1.67 bits per heavy atom. The van der Waals surface area contributed by atoms with Crippen molar-refractivity contribution >= 4 is 5.97 Å². The predicted octanol–water partition coefficient (Wildman–Crippen LogP) is 0.231. The molecule has 100 valence electrons. The van der Waals surface area contributed by atoms with E-state index >= 15 is 0 Å². The van der Waals surface area contributed by atoms with E-state index in [-0.39, 0.29) is 12.5 Å². The van der Waals surface area contributed by atoms with E-state index in [0.29, 0.717) is 18.8 Å². The Morgan fingerprint density at radius 2 is 2.50 bits per heavy atom. The second-order valence-electron chi connectivity index (χ2n) is 4.30. The van der Waals surface area contributed by atoms with Crippen LogP contribution >= 0.6 is 0 Å². The summed E-state index contributed by atoms with van der Waals surface area (Å²) in [6.07, 6.45) is 2.06. The molecule has 0 bridgehead atoms. The summed E-state index contributed by atoms with van der Waals surface area (Å²) in [4.78, 5) is 10.7. The van der Waals surface area contributed by atoms with E-state index < -0.39 is 5.97 Å². The average Bonchev–Trinajstić information content (AvgIpc) is 2.93. The molecule has 1 aromatic rings. The first-order valence-electron chi connectivity index (χ1n) is 5.94. The van der Waals surface area contributed by atoms with Crippen LogP contribution in [0, 0.1) is 0 Å². The quantitative estimate of drug-likeness (QED) is 0.783. The molecule has 2 rings (SSSR count). The smallest absolute Gasteiger partial charge is 0.309 e. The fourth-order valence-electron chi connectivity index (χ4n) is 2.07. The second-order valence-corrected chi connectivity index (χ2v) is 4.30. The second kappa shape index (κ2) is 5.92. The Kier molecular flexibility index (Phi) is 4.27. The first-order chi connectivity index (χ1) is 8.70. The van der Waals surface area contributed by atoms with E-state index in [1.165, 1.54) is 0 Å². The van der Waals surface area contributed by atoms with Gasteiger partial charge in [0.25, 0.3) is 0 Å². The summed E-state index contributed by atoms with van der Waals surface area (Å²) in [5, 5.41) is 16.7. The summed E-state index contributed by atoms with van der Waals surface area (Å²) in [7, 11) is 1.56. The SMILES string of the molecule is COCc1c(CC(=O)O)nnn1CC1CCCO1. The number of carboxylic acids is 1. The normalized spacial score (nSPS) is 19.3. The molecule has 0 aliphatic carbocycles. The lowest BCUT2D eigenvalue weighted by Gasteiger charge is -2.11. The predicted molar refractivity (Wildman–Crippen MR) is 61.0 cm³/mol. The van der Waals surface area contributed by atoms with Gasteiger partial charge in [-0.25, -0.2) is 4.68 Å². The highest BCUT2D eigenvalue weighted by molar-refractivity contribution is 5.69. The molecule has 1 unspecified atom stereocenters. The van der Waals surface area contributed by atoms with E-state index in [0.717, 1.165) is 25.1 Å². The monoisotopic (exact) mass is 255 g/mol. The average molecular weight is 255 g/mol. The number of aliphatic carboxylic acids is 1. The van der Waals surface area contributed by atoms with E-state index in [9.17, 15) is 4.79 Å². The van der Waals surface area contributed by atoms with Crippen molar-refractivity contribution in [2.24, 2.45) is 0 Å². The summed E-state index contributed by atoms with van der Waals surface area (Å²) in [6, 6.07) is 0. The van der Waals surface area contributed by atoms with Crippen molar-refractivity contribution in [2.45, 2.75) is 38.5 Å². The van der Waals surface area contributed by atoms with Gasteiger partial charge >= 0.3 is 5.97 Å². The highest BCUT2D eigenvalue weighted by atomic mass is 16.5. The van der Waals surface area contributed by atoms with Crippen LogP contribution in [0.3, 0.4) is 0 Å². The lowest BCUT2D eigenvalue weighted by Crippen LogP contribution is -2.18. The van der Waals surface area contributed by atoms with Gasteiger partial charge in [-0.3, -0.25) is 4.79 Å². The van der Waals surface area contributed by atoms with Crippen LogP contribution in [-0.4, -0.2) is 45.9 Å². The van der Waals surface area contributed by atoms with E-state index in [1.807, 2.05) is 0 Å². The molecule has 0 saturated carbocycles. The zero-order valence-corrected chi connectivity index (χ0v) is 10.3. The van der Waals surface area contributed by atoms with Gasteiger partial charge in [0, 0.05) is 13.7 Å². The van der Waals surface area contributed by atoms with Crippen LogP contribution in [-0.2, 0) is 33.8 Å². The Labute approximate surface area is 105 Å². The summed E-state index contributed by atoms with van der Waals surface area (Å²) in [5.41, 5.74) is 1.18. The van der Waals surface area contributed by atoms with Crippen molar-refractivity contribution in [3.8, 4) is 0 Å². The molecule has 1 aliphatic rings. The molecule has 1 saturated heterocycles. The third-order valence-corrected chi connectivity index (χ3v) is 2.92. The summed E-state index contributed by atoms with van der Waals surface area (Å²) in [6.45, 7) is 1.69. The number of aromatic nitrogens is 3. The molecule has 2 heterocycles. The number of nitrogens with zero attached hydrogens (tertiary/aromatic N) is 3. The molecule has 18 heavy (non-hydrogen) atoms. The Bertz CT molecular complexity index is 412. The maximum atomic E-state index is 10.7. The lowest BCUT2D eigenvalue weighted by molar-refractivity contribution is -0.136. The van der Waals surface area contributed by atoms with Gasteiger partial charge in [0.15, 0.2) is 0 Å². The van der Waals surface area contributed by atoms with E-state index in [4.69, 9.17) is 14.6 Å². The van der Waals surface area contributed by atoms with Gasteiger partial charge in [-0.15, -0.1) is 5.10 Å². The first kappa shape index (κ1) is 13.0. The van der Waals surface area contributed by atoms with Crippen LogP contribution in [0.5, 0.6) is 0 Å². The number of hydrogen-bond acceptors (Lipinski definition) is 5. The van der Waals surface area contributed by atoms with Crippen molar-refractivity contribution in [3.05, 3.63) is 11.4 Å². The summed E-state index contributed by atoms with van der Waals surface area (Å²) in [5.74, 6) is -0.920. The number of methoxy groups -OCH3 is 1. The molecule has 0 radical (unpaired) electrons. The van der Waals surface area contributed by atoms with Crippen molar-refractivity contribution in [3.63, 3.8) is 0 Å². The van der Waals surface area contributed by atoms with Gasteiger partial charge in [-0.05, 0) is 12.8 Å². The molecule has 0 aromatic carbocycles. The molecule has 0 spiro atoms. The van der Waals surface area contributed by atoms with Crippen molar-refractivity contribution < 1.29 is 19.4 Å². The standard InChI is InChI=1S/C11H17N3O4/c1-17-7-10-9(5-11(15)16)12-13-14(10)6-8-3-2-4-18-8/h8H,2-7H2,1H3,(H,15,16). The van der Waals surface area contributed by atoms with Crippen LogP contribution < -0.4 is 0 Å². The zero-order chi connectivity index (χ0) is 13.0. The molecule has 7 heteroatoms. The maximum absolute atomic E-state index is 10.7. The van der Waals surface area contributed by atoms with Gasteiger partial charge < -0.3 is 14.6 Å². The minimum absolute atomic E-state index is 0.135. The molecular formula is C11H17N3O4. The first-order valence-corrected chi connectivity index (χ1v) is 5.94. The molecule has 1 N–H and O–H groups in total. The van der Waals surface area contributed by atoms with Gasteiger partial charge in [0.05, 0.1) is 37.1 Å². The van der Waals surface area contributed by atoms with Crippen molar-refractivity contribution in [2.75, 3.05) is 13.7 Å². The number of rotatable bonds is 6. The molecule has 1 fully saturated rings. The molecular weight excluding hydrogens is 238 g/mol. The molecule has 1 aromatic heterocycles. The summed E-state index contributed by atoms with van der Waals surface area (Å²) < 4.78 is 12.3. The Morgan fingerprint density at radius 3 is 3.11 bits per heavy atom. The molecule has 7 nitrogen and oxygen atoms in total. The number of carbonyl (C=O) groups is 1. The van der Waals surface area contributed by atoms with Crippen LogP contribution in [0.15, 0.2) is 0 Å². The summed E-state index contributed by atoms with van der Waals surface area (Å²) >= 11 is 0. The molecule has 1 aliphatic heterocycles. The largest absolute Gasteiger partial charge is 0.481 e. The fraction of sp³-hybridized carbons (Fsp3) is 0.727. The number of ether oxygens (including phenoxy) is 2. The molecule has 0 amide bonds. The minimum Gasteiger partial charge on any atom is -0.481 e. The van der Waals surface area contributed by atoms with Crippen LogP contribution in [0.4, 0.5) is 0 Å². The number of hydrogen-bond donors (Lipinski definition) is 1. The topological polar surface area (TPSA) is 86.5 Å². The van der Waals surface area contributed by atoms with Crippen molar-refractivity contribution in [1.29, 1.82) is 0 Å². The van der Waals surface area contributed by atoms with Gasteiger partial charge in [-0.1, -0.05) is 5.21 Å². The van der Waals surface area contributed by atoms with Crippen molar-refractivity contribution in [1.82, 2.24) is 15.0 Å². The minimum atomic E-state index is -0.920. The molecule has 1 atom stereocenters. The fourth-order valence-corrected chi connectivity index (χ4v) is 2.07. The highest BCUT2D eigenvalue weighted by Gasteiger charge is 2.21. The Balaban J connectivity index is 2.12. The number of carboxylic acid groups (broad SMARTS) is 1. The lowest BCUT2D eigenvalue weighted by atomic mass is 10.2. The third kappa shape index (κ3) is 3.05. The highest BCUT2D eigenvalue weighted by Crippen LogP contribution is 2.16. The van der Waals surface area contributed by atoms with Crippen LogP contribution in [0.2, 0.25) is 0 Å². The van der Waals surface area contributed by atoms with E-state index in [2.05, 4.69) is 10.3 Å².